The van der Waals surface area contributed by atoms with E-state index in [9.17, 15) is 13.6 Å². The number of rotatable bonds is 2. The summed E-state index contributed by atoms with van der Waals surface area (Å²) in [4.78, 5) is 14.4. The number of benzene rings is 2. The molecule has 0 aromatic heterocycles. The summed E-state index contributed by atoms with van der Waals surface area (Å²) in [7, 11) is 0. The van der Waals surface area contributed by atoms with Crippen molar-refractivity contribution in [2.45, 2.75) is 18.9 Å². The molecule has 2 aromatic rings. The normalized spacial score (nSPS) is 24.3. The molecule has 1 amide bonds. The van der Waals surface area contributed by atoms with Gasteiger partial charge in [0.1, 0.15) is 11.6 Å². The van der Waals surface area contributed by atoms with Crippen LogP contribution in [0.1, 0.15) is 23.2 Å². The van der Waals surface area contributed by atoms with Gasteiger partial charge in [-0.1, -0.05) is 18.2 Å². The van der Waals surface area contributed by atoms with Crippen LogP contribution in [0.2, 0.25) is 0 Å². The van der Waals surface area contributed by atoms with Crippen LogP contribution in [0.25, 0.3) is 11.1 Å². The first-order chi connectivity index (χ1) is 12.0. The molecule has 138 valence electrons. The Balaban J connectivity index is 0.00000196. The lowest BCUT2D eigenvalue weighted by atomic mass is 9.98. The molecule has 3 atom stereocenters. The van der Waals surface area contributed by atoms with Gasteiger partial charge in [-0.15, -0.1) is 12.4 Å². The molecule has 3 unspecified atom stereocenters. The van der Waals surface area contributed by atoms with Crippen molar-refractivity contribution < 1.29 is 13.6 Å². The minimum atomic E-state index is -0.548. The summed E-state index contributed by atoms with van der Waals surface area (Å²) in [5.41, 5.74) is 7.52. The number of amides is 1. The maximum absolute atomic E-state index is 14.5. The molecule has 1 saturated carbocycles. The molecular formula is C20H21ClF2N2O. The van der Waals surface area contributed by atoms with Crippen LogP contribution in [0.15, 0.2) is 42.5 Å². The lowest BCUT2D eigenvalue weighted by molar-refractivity contribution is 0.0775. The van der Waals surface area contributed by atoms with Crippen LogP contribution >= 0.6 is 12.4 Å². The zero-order chi connectivity index (χ0) is 17.6. The molecule has 2 fully saturated rings. The highest BCUT2D eigenvalue weighted by Crippen LogP contribution is 2.37. The second kappa shape index (κ2) is 7.33. The van der Waals surface area contributed by atoms with E-state index >= 15 is 0 Å². The Morgan fingerprint density at radius 1 is 1.00 bits per heavy atom. The van der Waals surface area contributed by atoms with Crippen LogP contribution in [0.4, 0.5) is 8.78 Å². The van der Waals surface area contributed by atoms with Gasteiger partial charge in [0.15, 0.2) is 0 Å². The topological polar surface area (TPSA) is 46.3 Å². The molecular weight excluding hydrogens is 358 g/mol. The molecule has 6 heteroatoms. The Labute approximate surface area is 157 Å². The first kappa shape index (κ1) is 18.8. The van der Waals surface area contributed by atoms with Crippen LogP contribution in [-0.2, 0) is 0 Å². The van der Waals surface area contributed by atoms with Gasteiger partial charge in [0.2, 0.25) is 0 Å². The van der Waals surface area contributed by atoms with E-state index in [4.69, 9.17) is 5.73 Å². The van der Waals surface area contributed by atoms with Crippen LogP contribution in [0.3, 0.4) is 0 Å². The molecule has 1 heterocycles. The fourth-order valence-electron chi connectivity index (χ4n) is 4.15. The average Bonchev–Trinajstić information content (AvgIpc) is 3.17. The number of fused-ring (bicyclic) bond motifs is 1. The van der Waals surface area contributed by atoms with E-state index < -0.39 is 5.82 Å². The second-order valence-corrected chi connectivity index (χ2v) is 7.08. The number of hydrogen-bond donors (Lipinski definition) is 1. The molecule has 0 spiro atoms. The molecule has 2 aliphatic rings. The smallest absolute Gasteiger partial charge is 0.256 e. The van der Waals surface area contributed by atoms with Crippen LogP contribution in [0.5, 0.6) is 0 Å². The lowest BCUT2D eigenvalue weighted by Crippen LogP contribution is -2.33. The van der Waals surface area contributed by atoms with Crippen molar-refractivity contribution in [3.63, 3.8) is 0 Å². The van der Waals surface area contributed by atoms with Gasteiger partial charge in [-0.25, -0.2) is 8.78 Å². The maximum atomic E-state index is 14.5. The summed E-state index contributed by atoms with van der Waals surface area (Å²) in [6.45, 7) is 1.28. The monoisotopic (exact) mass is 378 g/mol. The fraction of sp³-hybridized carbons (Fsp3) is 0.350. The summed E-state index contributed by atoms with van der Waals surface area (Å²) in [5, 5.41) is 0. The van der Waals surface area contributed by atoms with Gasteiger partial charge >= 0.3 is 0 Å². The minimum absolute atomic E-state index is 0. The van der Waals surface area contributed by atoms with E-state index in [-0.39, 0.29) is 35.7 Å². The SMILES string of the molecule is Cl.NC1CCC2CN(C(=O)c3ccc(-c4ccc(F)cc4)cc3F)CC12. The molecule has 2 N–H and O–H groups in total. The molecule has 4 rings (SSSR count). The largest absolute Gasteiger partial charge is 0.338 e. The van der Waals surface area contributed by atoms with Crippen molar-refractivity contribution in [3.05, 3.63) is 59.7 Å². The zero-order valence-corrected chi connectivity index (χ0v) is 15.0. The van der Waals surface area contributed by atoms with Crippen molar-refractivity contribution in [1.29, 1.82) is 0 Å². The fourth-order valence-corrected chi connectivity index (χ4v) is 4.15. The quantitative estimate of drug-likeness (QED) is 0.862. The van der Waals surface area contributed by atoms with Gasteiger partial charge in [-0.3, -0.25) is 4.79 Å². The molecule has 26 heavy (non-hydrogen) atoms. The Hall–Kier alpha value is -1.98. The van der Waals surface area contributed by atoms with Crippen molar-refractivity contribution in [1.82, 2.24) is 4.90 Å². The van der Waals surface area contributed by atoms with Crippen molar-refractivity contribution >= 4 is 18.3 Å². The van der Waals surface area contributed by atoms with E-state index in [1.54, 1.807) is 23.1 Å². The van der Waals surface area contributed by atoms with Crippen molar-refractivity contribution in [2.24, 2.45) is 17.6 Å². The highest BCUT2D eigenvalue weighted by atomic mass is 35.5. The average molecular weight is 379 g/mol. The van der Waals surface area contributed by atoms with Gasteiger partial charge < -0.3 is 10.6 Å². The predicted octanol–water partition coefficient (Wildman–Crippen LogP) is 3.86. The highest BCUT2D eigenvalue weighted by molar-refractivity contribution is 5.95. The van der Waals surface area contributed by atoms with E-state index in [1.165, 1.54) is 24.3 Å². The third-order valence-corrected chi connectivity index (χ3v) is 5.58. The summed E-state index contributed by atoms with van der Waals surface area (Å²) < 4.78 is 27.6. The molecule has 3 nitrogen and oxygen atoms in total. The first-order valence-electron chi connectivity index (χ1n) is 8.63. The number of hydrogen-bond acceptors (Lipinski definition) is 2. The van der Waals surface area contributed by atoms with Gasteiger partial charge in [0.25, 0.3) is 5.91 Å². The number of carbonyl (C=O) groups is 1. The lowest BCUT2D eigenvalue weighted by Gasteiger charge is -2.19. The summed E-state index contributed by atoms with van der Waals surface area (Å²) >= 11 is 0. The zero-order valence-electron chi connectivity index (χ0n) is 14.2. The van der Waals surface area contributed by atoms with Crippen LogP contribution in [0, 0.1) is 23.5 Å². The molecule has 1 aliphatic heterocycles. The van der Waals surface area contributed by atoms with E-state index in [2.05, 4.69) is 0 Å². The molecule has 0 bridgehead atoms. The molecule has 1 aliphatic carbocycles. The highest BCUT2D eigenvalue weighted by Gasteiger charge is 2.42. The molecule has 1 saturated heterocycles. The first-order valence-corrected chi connectivity index (χ1v) is 8.63. The Kier molecular flexibility index (Phi) is 5.30. The summed E-state index contributed by atoms with van der Waals surface area (Å²) in [5.74, 6) is -0.377. The third kappa shape index (κ3) is 3.33. The van der Waals surface area contributed by atoms with Gasteiger partial charge in [-0.05, 0) is 60.1 Å². The standard InChI is InChI=1S/C20H20F2N2O.ClH/c21-15-5-1-12(2-6-15)13-3-7-16(18(22)9-13)20(25)24-10-14-4-8-19(23)17(14)11-24;/h1-3,5-7,9,14,17,19H,4,8,10-11,23H2;1H. The number of carbonyl (C=O) groups excluding carboxylic acids is 1. The van der Waals surface area contributed by atoms with Crippen molar-refractivity contribution in [2.75, 3.05) is 13.1 Å². The Morgan fingerprint density at radius 3 is 2.35 bits per heavy atom. The van der Waals surface area contributed by atoms with E-state index in [0.717, 1.165) is 12.8 Å². The number of nitrogens with two attached hydrogens (primary N) is 1. The molecule has 2 aromatic carbocycles. The maximum Gasteiger partial charge on any atom is 0.256 e. The second-order valence-electron chi connectivity index (χ2n) is 7.08. The van der Waals surface area contributed by atoms with Gasteiger partial charge in [0, 0.05) is 19.1 Å². The summed E-state index contributed by atoms with van der Waals surface area (Å²) in [6, 6.07) is 10.5. The minimum Gasteiger partial charge on any atom is -0.338 e. The van der Waals surface area contributed by atoms with E-state index in [0.29, 0.717) is 36.1 Å². The van der Waals surface area contributed by atoms with Gasteiger partial charge in [0.05, 0.1) is 5.56 Å². The van der Waals surface area contributed by atoms with Crippen LogP contribution < -0.4 is 5.73 Å². The van der Waals surface area contributed by atoms with Crippen molar-refractivity contribution in [3.8, 4) is 11.1 Å². The summed E-state index contributed by atoms with van der Waals surface area (Å²) in [6.07, 6.45) is 2.06. The Bertz CT molecular complexity index is 812. The number of likely N-dealkylation sites (tertiary alicyclic amines) is 1. The van der Waals surface area contributed by atoms with Crippen LogP contribution in [-0.4, -0.2) is 29.9 Å². The number of nitrogens with zero attached hydrogens (tertiary/aromatic N) is 1. The predicted molar refractivity (Wildman–Crippen MR) is 99.1 cm³/mol. The Morgan fingerprint density at radius 2 is 1.69 bits per heavy atom. The molecule has 0 radical (unpaired) electrons. The third-order valence-electron chi connectivity index (χ3n) is 5.58. The van der Waals surface area contributed by atoms with E-state index in [1.807, 2.05) is 0 Å². The number of halogens is 3. The van der Waals surface area contributed by atoms with Gasteiger partial charge in [-0.2, -0.15) is 0 Å².